The van der Waals surface area contributed by atoms with E-state index < -0.39 is 10.8 Å². The molecule has 0 spiro atoms. The van der Waals surface area contributed by atoms with Gasteiger partial charge in [0.25, 0.3) is 11.6 Å². The zero-order valence-corrected chi connectivity index (χ0v) is 13.7. The van der Waals surface area contributed by atoms with Crippen LogP contribution >= 0.6 is 11.3 Å². The lowest BCUT2D eigenvalue weighted by molar-refractivity contribution is -0.384. The summed E-state index contributed by atoms with van der Waals surface area (Å²) in [6, 6.07) is 9.69. The Hall–Kier alpha value is -3.13. The van der Waals surface area contributed by atoms with Gasteiger partial charge in [0.2, 0.25) is 0 Å². The van der Waals surface area contributed by atoms with Gasteiger partial charge in [0.1, 0.15) is 5.82 Å². The number of aromatic nitrogens is 1. The van der Waals surface area contributed by atoms with Crippen molar-refractivity contribution in [3.8, 4) is 0 Å². The van der Waals surface area contributed by atoms with Crippen molar-refractivity contribution in [2.45, 2.75) is 6.54 Å². The molecule has 0 saturated heterocycles. The molecule has 1 aromatic heterocycles. The number of thiazole rings is 1. The van der Waals surface area contributed by atoms with Crippen molar-refractivity contribution in [1.82, 2.24) is 4.57 Å². The molecule has 25 heavy (non-hydrogen) atoms. The van der Waals surface area contributed by atoms with Crippen LogP contribution in [-0.2, 0) is 6.54 Å². The minimum atomic E-state index is -0.603. The van der Waals surface area contributed by atoms with Crippen molar-refractivity contribution in [1.29, 1.82) is 0 Å². The van der Waals surface area contributed by atoms with Gasteiger partial charge in [0.15, 0.2) is 4.80 Å². The number of nitro groups is 1. The number of allylic oxidation sites excluding steroid dienone is 1. The number of hydrogen-bond acceptors (Lipinski definition) is 4. The summed E-state index contributed by atoms with van der Waals surface area (Å²) in [7, 11) is 0. The Morgan fingerprint density at radius 2 is 2.16 bits per heavy atom. The third-order valence-electron chi connectivity index (χ3n) is 3.46. The molecule has 3 rings (SSSR count). The summed E-state index contributed by atoms with van der Waals surface area (Å²) in [6.07, 6.45) is 1.65. The number of carbonyl (C=O) groups is 1. The third kappa shape index (κ3) is 3.38. The lowest BCUT2D eigenvalue weighted by Gasteiger charge is -2.00. The van der Waals surface area contributed by atoms with E-state index in [0.717, 1.165) is 5.52 Å². The van der Waals surface area contributed by atoms with Crippen LogP contribution in [0.4, 0.5) is 10.1 Å². The highest BCUT2D eigenvalue weighted by atomic mass is 32.1. The first-order chi connectivity index (χ1) is 12.0. The van der Waals surface area contributed by atoms with E-state index >= 15 is 0 Å². The zero-order chi connectivity index (χ0) is 18.0. The van der Waals surface area contributed by atoms with Crippen LogP contribution in [-0.4, -0.2) is 15.4 Å². The molecule has 6 nitrogen and oxygen atoms in total. The Morgan fingerprint density at radius 1 is 1.36 bits per heavy atom. The van der Waals surface area contributed by atoms with E-state index in [4.69, 9.17) is 0 Å². The number of carbonyl (C=O) groups excluding carboxylic acids is 1. The van der Waals surface area contributed by atoms with Gasteiger partial charge in [-0.25, -0.2) is 4.39 Å². The topological polar surface area (TPSA) is 77.5 Å². The Balaban J connectivity index is 2.12. The van der Waals surface area contributed by atoms with Crippen LogP contribution in [0.2, 0.25) is 0 Å². The monoisotopic (exact) mass is 357 g/mol. The van der Waals surface area contributed by atoms with Crippen LogP contribution < -0.4 is 4.80 Å². The van der Waals surface area contributed by atoms with Gasteiger partial charge in [0.05, 0.1) is 15.1 Å². The number of non-ortho nitro benzene ring substituents is 1. The minimum absolute atomic E-state index is 0.114. The molecule has 0 radical (unpaired) electrons. The maximum atomic E-state index is 13.4. The zero-order valence-electron chi connectivity index (χ0n) is 12.9. The Kier molecular flexibility index (Phi) is 4.53. The molecule has 1 heterocycles. The predicted molar refractivity (Wildman–Crippen MR) is 93.0 cm³/mol. The van der Waals surface area contributed by atoms with Gasteiger partial charge in [0, 0.05) is 24.2 Å². The highest BCUT2D eigenvalue weighted by molar-refractivity contribution is 7.16. The molecule has 0 N–H and O–H groups in total. The maximum absolute atomic E-state index is 13.4. The molecule has 0 aliphatic carbocycles. The van der Waals surface area contributed by atoms with Crippen molar-refractivity contribution in [3.05, 3.63) is 81.4 Å². The lowest BCUT2D eigenvalue weighted by Crippen LogP contribution is -2.16. The van der Waals surface area contributed by atoms with E-state index in [1.807, 2.05) is 0 Å². The first-order valence-corrected chi connectivity index (χ1v) is 8.04. The summed E-state index contributed by atoms with van der Waals surface area (Å²) >= 11 is 1.17. The molecule has 0 aliphatic rings. The summed E-state index contributed by atoms with van der Waals surface area (Å²) in [6.45, 7) is 4.07. The summed E-state index contributed by atoms with van der Waals surface area (Å²) in [5, 5.41) is 10.8. The summed E-state index contributed by atoms with van der Waals surface area (Å²) in [5.74, 6) is -0.982. The first-order valence-electron chi connectivity index (χ1n) is 7.23. The maximum Gasteiger partial charge on any atom is 0.279 e. The van der Waals surface area contributed by atoms with Crippen LogP contribution in [0.15, 0.2) is 60.1 Å². The normalized spacial score (nSPS) is 11.6. The number of rotatable bonds is 4. The van der Waals surface area contributed by atoms with E-state index in [1.54, 1.807) is 16.7 Å². The minimum Gasteiger partial charge on any atom is -0.312 e. The van der Waals surface area contributed by atoms with Gasteiger partial charge in [-0.15, -0.1) is 6.58 Å². The van der Waals surface area contributed by atoms with Crippen LogP contribution in [0.25, 0.3) is 10.2 Å². The molecule has 0 atom stereocenters. The second-order valence-electron chi connectivity index (χ2n) is 5.12. The lowest BCUT2D eigenvalue weighted by atomic mass is 10.2. The van der Waals surface area contributed by atoms with E-state index in [9.17, 15) is 19.3 Å². The number of nitrogens with zero attached hydrogens (tertiary/aromatic N) is 3. The van der Waals surface area contributed by atoms with Crippen molar-refractivity contribution in [2.24, 2.45) is 4.99 Å². The molecule has 0 aliphatic heterocycles. The number of halogens is 1. The Labute approximate surface area is 145 Å². The molecule has 0 unspecified atom stereocenters. The van der Waals surface area contributed by atoms with Crippen LogP contribution in [0.3, 0.4) is 0 Å². The molecule has 0 saturated carbocycles. The summed E-state index contributed by atoms with van der Waals surface area (Å²) < 4.78 is 15.8. The average Bonchev–Trinajstić information content (AvgIpc) is 2.91. The second-order valence-corrected chi connectivity index (χ2v) is 6.13. The largest absolute Gasteiger partial charge is 0.312 e. The highest BCUT2D eigenvalue weighted by Gasteiger charge is 2.12. The van der Waals surface area contributed by atoms with Crippen molar-refractivity contribution in [2.75, 3.05) is 0 Å². The van der Waals surface area contributed by atoms with Crippen molar-refractivity contribution < 1.29 is 14.1 Å². The smallest absolute Gasteiger partial charge is 0.279 e. The third-order valence-corrected chi connectivity index (χ3v) is 4.50. The fourth-order valence-electron chi connectivity index (χ4n) is 2.34. The number of amides is 1. The van der Waals surface area contributed by atoms with Crippen LogP contribution in [0, 0.1) is 15.9 Å². The molecular formula is C17H12FN3O3S. The first kappa shape index (κ1) is 16.7. The van der Waals surface area contributed by atoms with Gasteiger partial charge >= 0.3 is 0 Å². The summed E-state index contributed by atoms with van der Waals surface area (Å²) in [5.41, 5.74) is 0.665. The standard InChI is InChI=1S/C17H12FN3O3S/c1-2-8-20-14-7-6-12(18)10-15(14)25-17(20)19-16(22)11-4-3-5-13(9-11)21(23)24/h2-7,9-10H,1,8H2. The molecule has 0 bridgehead atoms. The van der Waals surface area contributed by atoms with Crippen molar-refractivity contribution >= 4 is 33.1 Å². The van der Waals surface area contributed by atoms with E-state index in [2.05, 4.69) is 11.6 Å². The summed E-state index contributed by atoms with van der Waals surface area (Å²) in [4.78, 5) is 27.1. The number of benzene rings is 2. The number of hydrogen-bond donors (Lipinski definition) is 0. The fourth-order valence-corrected chi connectivity index (χ4v) is 3.40. The molecular weight excluding hydrogens is 345 g/mol. The Bertz CT molecular complexity index is 1070. The van der Waals surface area contributed by atoms with E-state index in [0.29, 0.717) is 16.0 Å². The predicted octanol–water partition coefficient (Wildman–Crippen LogP) is 3.68. The van der Waals surface area contributed by atoms with Crippen LogP contribution in [0.1, 0.15) is 10.4 Å². The van der Waals surface area contributed by atoms with E-state index in [-0.39, 0.29) is 17.1 Å². The van der Waals surface area contributed by atoms with Gasteiger partial charge in [-0.2, -0.15) is 4.99 Å². The molecule has 1 amide bonds. The Morgan fingerprint density at radius 3 is 2.88 bits per heavy atom. The number of nitro benzene ring substituents is 1. The molecule has 2 aromatic carbocycles. The van der Waals surface area contributed by atoms with Gasteiger partial charge in [-0.3, -0.25) is 14.9 Å². The average molecular weight is 357 g/mol. The van der Waals surface area contributed by atoms with Gasteiger partial charge in [-0.1, -0.05) is 23.5 Å². The van der Waals surface area contributed by atoms with Gasteiger partial charge in [-0.05, 0) is 24.3 Å². The van der Waals surface area contributed by atoms with Crippen LogP contribution in [0.5, 0.6) is 0 Å². The SMILES string of the molecule is C=CCn1c(=NC(=O)c2cccc([N+](=O)[O-])c2)sc2cc(F)ccc21. The fraction of sp³-hybridized carbons (Fsp3) is 0.0588. The van der Waals surface area contributed by atoms with Crippen molar-refractivity contribution in [3.63, 3.8) is 0 Å². The molecule has 3 aromatic rings. The second kappa shape index (κ2) is 6.78. The van der Waals surface area contributed by atoms with E-state index in [1.165, 1.54) is 47.7 Å². The quantitative estimate of drug-likeness (QED) is 0.406. The molecule has 0 fully saturated rings. The molecule has 8 heteroatoms. The van der Waals surface area contributed by atoms with Gasteiger partial charge < -0.3 is 4.57 Å². The highest BCUT2D eigenvalue weighted by Crippen LogP contribution is 2.19. The number of fused-ring (bicyclic) bond motifs is 1. The molecule has 126 valence electrons.